The molecule has 0 bridgehead atoms. The molecule has 1 saturated heterocycles. The number of aromatic nitrogens is 4. The van der Waals surface area contributed by atoms with Gasteiger partial charge in [-0.15, -0.1) is 0 Å². The Balaban J connectivity index is 1.77. The van der Waals surface area contributed by atoms with Gasteiger partial charge in [0.2, 0.25) is 5.95 Å². The van der Waals surface area contributed by atoms with Gasteiger partial charge in [-0.05, 0) is 12.1 Å². The number of aryl methyl sites for hydroxylation is 1. The number of fused-ring (bicyclic) bond motifs is 1. The Morgan fingerprint density at radius 2 is 1.71 bits per heavy atom. The van der Waals surface area contributed by atoms with Crippen LogP contribution in [0.25, 0.3) is 16.9 Å². The lowest BCUT2D eigenvalue weighted by atomic mass is 10.1. The maximum absolute atomic E-state index is 13.7. The summed E-state index contributed by atoms with van der Waals surface area (Å²) >= 11 is 6.54. The van der Waals surface area contributed by atoms with Crippen LogP contribution in [0.1, 0.15) is 10.4 Å². The van der Waals surface area contributed by atoms with Crippen LogP contribution in [0.15, 0.2) is 64.2 Å². The number of rotatable bonds is 5. The van der Waals surface area contributed by atoms with Crippen LogP contribution in [0, 0.1) is 0 Å². The van der Waals surface area contributed by atoms with E-state index in [0.29, 0.717) is 35.3 Å². The van der Waals surface area contributed by atoms with E-state index >= 15 is 0 Å². The molecular weight excluding hydrogens is 456 g/mol. The molecule has 10 heteroatoms. The van der Waals surface area contributed by atoms with Gasteiger partial charge in [0.1, 0.15) is 0 Å². The first-order valence-electron chi connectivity index (χ1n) is 11.0. The Morgan fingerprint density at radius 3 is 2.41 bits per heavy atom. The van der Waals surface area contributed by atoms with E-state index in [2.05, 4.69) is 10.2 Å². The number of hydrogen-bond acceptors (Lipinski definition) is 6. The fourth-order valence-corrected chi connectivity index (χ4v) is 4.47. The van der Waals surface area contributed by atoms with Crippen molar-refractivity contribution in [3.05, 3.63) is 86.0 Å². The first-order valence-corrected chi connectivity index (χ1v) is 11.4. The van der Waals surface area contributed by atoms with Crippen molar-refractivity contribution in [3.63, 3.8) is 0 Å². The van der Waals surface area contributed by atoms with Crippen LogP contribution in [0.3, 0.4) is 0 Å². The number of carbonyl (C=O) groups excluding carboxylic acids is 1. The molecule has 0 unspecified atom stereocenters. The van der Waals surface area contributed by atoms with Crippen molar-refractivity contribution in [2.24, 2.45) is 7.05 Å². The summed E-state index contributed by atoms with van der Waals surface area (Å²) in [6.45, 7) is 2.52. The Bertz CT molecular complexity index is 1500. The third-order valence-electron chi connectivity index (χ3n) is 6.02. The van der Waals surface area contributed by atoms with E-state index in [0.717, 1.165) is 17.7 Å². The Labute approximate surface area is 199 Å². The topological polar surface area (TPSA) is 94.2 Å². The van der Waals surface area contributed by atoms with Crippen LogP contribution in [-0.4, -0.2) is 50.6 Å². The standard InChI is InChI=1S/C24H23ClN6O3/c1-28-21-20(22(33)30(24(28)34)15-19(32)16-7-3-2-4-8-16)31(18-10-6-5-9-17(18)25)23(27-21)29-13-11-26-12-14-29/h2-10,26H,11-15H2,1H3. The highest BCUT2D eigenvalue weighted by molar-refractivity contribution is 6.32. The summed E-state index contributed by atoms with van der Waals surface area (Å²) in [7, 11) is 1.55. The highest BCUT2D eigenvalue weighted by atomic mass is 35.5. The minimum absolute atomic E-state index is 0.199. The molecule has 0 aliphatic carbocycles. The quantitative estimate of drug-likeness (QED) is 0.440. The fourth-order valence-electron chi connectivity index (χ4n) is 4.25. The normalized spacial score (nSPS) is 14.0. The number of anilines is 1. The Kier molecular flexibility index (Phi) is 5.80. The zero-order valence-electron chi connectivity index (χ0n) is 18.6. The Morgan fingerprint density at radius 1 is 1.03 bits per heavy atom. The third-order valence-corrected chi connectivity index (χ3v) is 6.33. The summed E-state index contributed by atoms with van der Waals surface area (Å²) in [4.78, 5) is 46.5. The number of para-hydroxylation sites is 1. The molecular formula is C24H23ClN6O3. The van der Waals surface area contributed by atoms with Crippen LogP contribution in [0.2, 0.25) is 5.02 Å². The van der Waals surface area contributed by atoms with Gasteiger partial charge in [0.25, 0.3) is 5.56 Å². The molecule has 5 rings (SSSR count). The molecule has 1 fully saturated rings. The molecule has 174 valence electrons. The maximum Gasteiger partial charge on any atom is 0.332 e. The lowest BCUT2D eigenvalue weighted by Gasteiger charge is -2.28. The van der Waals surface area contributed by atoms with E-state index < -0.39 is 11.2 Å². The minimum Gasteiger partial charge on any atom is -0.339 e. The van der Waals surface area contributed by atoms with Gasteiger partial charge in [-0.2, -0.15) is 4.98 Å². The summed E-state index contributed by atoms with van der Waals surface area (Å²) in [5, 5.41) is 3.75. The molecule has 4 aromatic rings. The van der Waals surface area contributed by atoms with Gasteiger partial charge in [-0.1, -0.05) is 54.1 Å². The number of imidazole rings is 1. The number of hydrogen-bond donors (Lipinski definition) is 1. The molecule has 2 aromatic carbocycles. The highest BCUT2D eigenvalue weighted by Gasteiger charge is 2.26. The van der Waals surface area contributed by atoms with E-state index in [1.54, 1.807) is 54.1 Å². The monoisotopic (exact) mass is 478 g/mol. The Hall–Kier alpha value is -3.69. The minimum atomic E-state index is -0.600. The number of Topliss-reactive ketones (excluding diaryl/α,β-unsaturated/α-hetero) is 1. The van der Waals surface area contributed by atoms with Gasteiger partial charge in [0, 0.05) is 38.8 Å². The van der Waals surface area contributed by atoms with Crippen molar-refractivity contribution in [2.45, 2.75) is 6.54 Å². The van der Waals surface area contributed by atoms with E-state index in [9.17, 15) is 14.4 Å². The van der Waals surface area contributed by atoms with Crippen molar-refractivity contribution < 1.29 is 4.79 Å². The molecule has 1 aliphatic heterocycles. The predicted octanol–water partition coefficient (Wildman–Crippen LogP) is 1.83. The molecule has 3 heterocycles. The number of piperazine rings is 1. The maximum atomic E-state index is 13.7. The number of halogens is 1. The summed E-state index contributed by atoms with van der Waals surface area (Å²) in [6.07, 6.45) is 0. The van der Waals surface area contributed by atoms with E-state index in [-0.39, 0.29) is 23.5 Å². The summed E-state index contributed by atoms with van der Waals surface area (Å²) in [5.74, 6) is 0.203. The number of ketones is 1. The second-order valence-corrected chi connectivity index (χ2v) is 8.54. The van der Waals surface area contributed by atoms with Gasteiger partial charge in [0.15, 0.2) is 16.9 Å². The van der Waals surface area contributed by atoms with Crippen LogP contribution in [0.4, 0.5) is 5.95 Å². The summed E-state index contributed by atoms with van der Waals surface area (Å²) in [5.41, 5.74) is 0.264. The highest BCUT2D eigenvalue weighted by Crippen LogP contribution is 2.29. The number of benzene rings is 2. The summed E-state index contributed by atoms with van der Waals surface area (Å²) < 4.78 is 3.98. The summed E-state index contributed by atoms with van der Waals surface area (Å²) in [6, 6.07) is 15.8. The molecule has 1 N–H and O–H groups in total. The van der Waals surface area contributed by atoms with Crippen LogP contribution in [-0.2, 0) is 13.6 Å². The van der Waals surface area contributed by atoms with Gasteiger partial charge in [-0.3, -0.25) is 23.3 Å². The average Bonchev–Trinajstić information content (AvgIpc) is 3.27. The lowest BCUT2D eigenvalue weighted by Crippen LogP contribution is -2.44. The van der Waals surface area contributed by atoms with Crippen LogP contribution < -0.4 is 21.5 Å². The van der Waals surface area contributed by atoms with Crippen LogP contribution in [0.5, 0.6) is 0 Å². The SMILES string of the molecule is Cn1c(=O)n(CC(=O)c2ccccc2)c(=O)c2c1nc(N1CCNCC1)n2-c1ccccc1Cl. The third kappa shape index (κ3) is 3.72. The molecule has 0 radical (unpaired) electrons. The van der Waals surface area contributed by atoms with E-state index in [4.69, 9.17) is 16.6 Å². The zero-order chi connectivity index (χ0) is 23.8. The van der Waals surface area contributed by atoms with Gasteiger partial charge in [0.05, 0.1) is 17.3 Å². The first-order chi connectivity index (χ1) is 16.5. The molecule has 0 atom stereocenters. The largest absolute Gasteiger partial charge is 0.339 e. The van der Waals surface area contributed by atoms with Crippen LogP contribution >= 0.6 is 11.6 Å². The van der Waals surface area contributed by atoms with Gasteiger partial charge >= 0.3 is 5.69 Å². The smallest absolute Gasteiger partial charge is 0.332 e. The molecule has 0 saturated carbocycles. The first kappa shape index (κ1) is 22.1. The van der Waals surface area contributed by atoms with Crippen molar-refractivity contribution in [1.29, 1.82) is 0 Å². The molecule has 0 amide bonds. The zero-order valence-corrected chi connectivity index (χ0v) is 19.3. The van der Waals surface area contributed by atoms with Gasteiger partial charge in [-0.25, -0.2) is 4.79 Å². The predicted molar refractivity (Wildman–Crippen MR) is 131 cm³/mol. The van der Waals surface area contributed by atoms with Crippen molar-refractivity contribution in [2.75, 3.05) is 31.1 Å². The molecule has 34 heavy (non-hydrogen) atoms. The molecule has 9 nitrogen and oxygen atoms in total. The number of nitrogens with zero attached hydrogens (tertiary/aromatic N) is 5. The average molecular weight is 479 g/mol. The number of nitrogens with one attached hydrogen (secondary N) is 1. The van der Waals surface area contributed by atoms with Crippen molar-refractivity contribution >= 4 is 34.5 Å². The van der Waals surface area contributed by atoms with E-state index in [1.807, 2.05) is 12.1 Å². The second-order valence-electron chi connectivity index (χ2n) is 8.13. The van der Waals surface area contributed by atoms with Crippen molar-refractivity contribution in [3.8, 4) is 5.69 Å². The van der Waals surface area contributed by atoms with Crippen molar-refractivity contribution in [1.82, 2.24) is 24.0 Å². The fraction of sp³-hybridized carbons (Fsp3) is 0.250. The lowest BCUT2D eigenvalue weighted by molar-refractivity contribution is 0.0969. The molecule has 1 aliphatic rings. The van der Waals surface area contributed by atoms with E-state index in [1.165, 1.54) is 4.57 Å². The second kappa shape index (κ2) is 8.92. The van der Waals surface area contributed by atoms with Gasteiger partial charge < -0.3 is 10.2 Å². The number of carbonyl (C=O) groups is 1. The molecule has 0 spiro atoms. The molecule has 2 aromatic heterocycles.